The second-order valence-corrected chi connectivity index (χ2v) is 8.74. The van der Waals surface area contributed by atoms with E-state index < -0.39 is 11.8 Å². The second-order valence-electron chi connectivity index (χ2n) is 7.51. The highest BCUT2D eigenvalue weighted by atomic mass is 32.1. The lowest BCUT2D eigenvalue weighted by Gasteiger charge is -2.35. The summed E-state index contributed by atoms with van der Waals surface area (Å²) >= 11 is 1.35. The van der Waals surface area contributed by atoms with Crippen molar-refractivity contribution in [3.63, 3.8) is 0 Å². The molecule has 1 aliphatic heterocycles. The minimum absolute atomic E-state index is 0.173. The number of nitrogens with zero attached hydrogens (tertiary/aromatic N) is 2. The molecule has 1 fully saturated rings. The maximum absolute atomic E-state index is 14.4. The number of carbonyl (C=O) groups excluding carboxylic acids is 3. The largest absolute Gasteiger partial charge is 0.465 e. The van der Waals surface area contributed by atoms with E-state index in [2.05, 4.69) is 5.32 Å². The maximum atomic E-state index is 14.4. The number of methoxy groups -OCH3 is 1. The summed E-state index contributed by atoms with van der Waals surface area (Å²) in [5.74, 6) is -1.27. The van der Waals surface area contributed by atoms with Gasteiger partial charge in [-0.15, -0.1) is 11.3 Å². The molecule has 0 spiro atoms. The fourth-order valence-electron chi connectivity index (χ4n) is 3.56. The van der Waals surface area contributed by atoms with Gasteiger partial charge in [0.15, 0.2) is 5.78 Å². The zero-order chi connectivity index (χ0) is 22.7. The number of ether oxygens (including phenoxy) is 1. The van der Waals surface area contributed by atoms with Crippen molar-refractivity contribution < 1.29 is 23.5 Å². The number of Topliss-reactive ketones (excluding diaryl/α,β-unsaturated/α-hetero) is 1. The number of carbonyl (C=O) groups is 3. The van der Waals surface area contributed by atoms with E-state index in [1.54, 1.807) is 12.1 Å². The lowest BCUT2D eigenvalue weighted by Crippen LogP contribution is -2.49. The van der Waals surface area contributed by atoms with E-state index >= 15 is 0 Å². The lowest BCUT2D eigenvalue weighted by molar-refractivity contribution is -0.117. The van der Waals surface area contributed by atoms with E-state index in [4.69, 9.17) is 4.74 Å². The van der Waals surface area contributed by atoms with E-state index in [9.17, 15) is 18.8 Å². The molecule has 0 saturated carbocycles. The van der Waals surface area contributed by atoms with Gasteiger partial charge < -0.3 is 15.0 Å². The molecular weight excluding hydrogens is 421 g/mol. The highest BCUT2D eigenvalue weighted by molar-refractivity contribution is 7.16. The van der Waals surface area contributed by atoms with E-state index in [-0.39, 0.29) is 18.2 Å². The fourth-order valence-corrected chi connectivity index (χ4v) is 4.63. The quantitative estimate of drug-likeness (QED) is 0.541. The first-order valence-electron chi connectivity index (χ1n) is 9.97. The molecule has 2 aromatic rings. The number of aryl methyl sites for hydroxylation is 1. The number of ketones is 1. The first kappa shape index (κ1) is 22.9. The minimum atomic E-state index is -0.469. The van der Waals surface area contributed by atoms with Crippen LogP contribution in [-0.4, -0.2) is 62.4 Å². The predicted octanol–water partition coefficient (Wildman–Crippen LogP) is 3.25. The number of hydrogen-bond acceptors (Lipinski definition) is 7. The Morgan fingerprint density at radius 3 is 2.42 bits per heavy atom. The molecule has 1 N–H and O–H groups in total. The van der Waals surface area contributed by atoms with E-state index in [1.165, 1.54) is 31.4 Å². The zero-order valence-electron chi connectivity index (χ0n) is 18.1. The molecule has 31 heavy (non-hydrogen) atoms. The third-order valence-electron chi connectivity index (χ3n) is 5.46. The number of piperazine rings is 1. The number of rotatable bonds is 6. The van der Waals surface area contributed by atoms with Gasteiger partial charge in [0, 0.05) is 36.6 Å². The summed E-state index contributed by atoms with van der Waals surface area (Å²) < 4.78 is 19.2. The van der Waals surface area contributed by atoms with Crippen LogP contribution in [0.5, 0.6) is 0 Å². The van der Waals surface area contributed by atoms with Crippen LogP contribution in [0.4, 0.5) is 15.1 Å². The van der Waals surface area contributed by atoms with Crippen molar-refractivity contribution in [2.45, 2.75) is 20.8 Å². The van der Waals surface area contributed by atoms with Crippen molar-refractivity contribution in [1.29, 1.82) is 0 Å². The number of anilines is 2. The van der Waals surface area contributed by atoms with Gasteiger partial charge in [-0.2, -0.15) is 0 Å². The smallest absolute Gasteiger partial charge is 0.341 e. The third kappa shape index (κ3) is 5.11. The van der Waals surface area contributed by atoms with Gasteiger partial charge in [-0.25, -0.2) is 9.18 Å². The summed E-state index contributed by atoms with van der Waals surface area (Å²) in [5, 5.41) is 3.33. The van der Waals surface area contributed by atoms with Crippen LogP contribution in [0.2, 0.25) is 0 Å². The molecular formula is C22H26FN3O4S. The number of amides is 1. The van der Waals surface area contributed by atoms with Crippen molar-refractivity contribution in [3.8, 4) is 0 Å². The molecule has 1 amide bonds. The number of thiophene rings is 1. The predicted molar refractivity (Wildman–Crippen MR) is 119 cm³/mol. The molecule has 1 saturated heterocycles. The number of benzene rings is 1. The molecule has 9 heteroatoms. The van der Waals surface area contributed by atoms with E-state index in [1.807, 2.05) is 23.6 Å². The average Bonchev–Trinajstić information content (AvgIpc) is 3.01. The SMILES string of the molecule is COC(=O)c1c(NC(=O)CN2CCN(c3ccc(C(C)=O)cc3F)CC2)sc(C)c1C. The minimum Gasteiger partial charge on any atom is -0.465 e. The van der Waals surface area contributed by atoms with Gasteiger partial charge in [-0.05, 0) is 44.5 Å². The lowest BCUT2D eigenvalue weighted by atomic mass is 10.1. The number of halogens is 1. The second kappa shape index (κ2) is 9.57. The zero-order valence-corrected chi connectivity index (χ0v) is 18.9. The normalized spacial score (nSPS) is 14.4. The summed E-state index contributed by atoms with van der Waals surface area (Å²) in [6, 6.07) is 4.52. The number of nitrogens with one attached hydrogen (secondary N) is 1. The van der Waals surface area contributed by atoms with Crippen LogP contribution in [0.3, 0.4) is 0 Å². The molecule has 7 nitrogen and oxygen atoms in total. The first-order chi connectivity index (χ1) is 14.7. The van der Waals surface area contributed by atoms with Gasteiger partial charge in [-0.3, -0.25) is 14.5 Å². The third-order valence-corrected chi connectivity index (χ3v) is 6.58. The van der Waals surface area contributed by atoms with Crippen LogP contribution in [0.1, 0.15) is 38.1 Å². The molecule has 0 radical (unpaired) electrons. The van der Waals surface area contributed by atoms with E-state index in [0.29, 0.717) is 48.0 Å². The van der Waals surface area contributed by atoms with Gasteiger partial charge in [-0.1, -0.05) is 0 Å². The molecule has 0 bridgehead atoms. The van der Waals surface area contributed by atoms with Crippen LogP contribution in [0, 0.1) is 19.7 Å². The van der Waals surface area contributed by atoms with Gasteiger partial charge in [0.25, 0.3) is 0 Å². The maximum Gasteiger partial charge on any atom is 0.341 e. The molecule has 1 aromatic heterocycles. The molecule has 1 aliphatic rings. The Balaban J connectivity index is 1.58. The molecule has 3 rings (SSSR count). The van der Waals surface area contributed by atoms with Crippen molar-refractivity contribution >= 4 is 39.7 Å². The highest BCUT2D eigenvalue weighted by Crippen LogP contribution is 2.33. The monoisotopic (exact) mass is 447 g/mol. The molecule has 0 unspecified atom stereocenters. The van der Waals surface area contributed by atoms with Crippen LogP contribution < -0.4 is 10.2 Å². The Labute approximate surface area is 184 Å². The van der Waals surface area contributed by atoms with Crippen LogP contribution in [0.25, 0.3) is 0 Å². The summed E-state index contributed by atoms with van der Waals surface area (Å²) in [7, 11) is 1.32. The fraction of sp³-hybridized carbons (Fsp3) is 0.409. The van der Waals surface area contributed by atoms with Crippen LogP contribution >= 0.6 is 11.3 Å². The average molecular weight is 448 g/mol. The van der Waals surface area contributed by atoms with Gasteiger partial charge in [0.1, 0.15) is 10.8 Å². The summed E-state index contributed by atoms with van der Waals surface area (Å²) in [5.41, 5.74) is 2.01. The van der Waals surface area contributed by atoms with Crippen molar-refractivity contribution in [3.05, 3.63) is 45.6 Å². The van der Waals surface area contributed by atoms with Gasteiger partial charge in [0.2, 0.25) is 5.91 Å². The van der Waals surface area contributed by atoms with Crippen LogP contribution in [-0.2, 0) is 9.53 Å². The molecule has 1 aromatic carbocycles. The Kier molecular flexibility index (Phi) is 7.07. The summed E-state index contributed by atoms with van der Waals surface area (Å²) in [6.45, 7) is 7.61. The molecule has 0 aliphatic carbocycles. The summed E-state index contributed by atoms with van der Waals surface area (Å²) in [6.07, 6.45) is 0. The van der Waals surface area contributed by atoms with Crippen molar-refractivity contribution in [2.75, 3.05) is 50.1 Å². The Morgan fingerprint density at radius 2 is 1.84 bits per heavy atom. The summed E-state index contributed by atoms with van der Waals surface area (Å²) in [4.78, 5) is 40.9. The molecule has 0 atom stereocenters. The Bertz CT molecular complexity index is 1010. The van der Waals surface area contributed by atoms with Crippen molar-refractivity contribution in [2.24, 2.45) is 0 Å². The molecule has 2 heterocycles. The topological polar surface area (TPSA) is 79.0 Å². The van der Waals surface area contributed by atoms with E-state index in [0.717, 1.165) is 10.4 Å². The molecule has 166 valence electrons. The highest BCUT2D eigenvalue weighted by Gasteiger charge is 2.24. The van der Waals surface area contributed by atoms with Crippen molar-refractivity contribution in [1.82, 2.24) is 4.90 Å². The van der Waals surface area contributed by atoms with Gasteiger partial charge >= 0.3 is 5.97 Å². The van der Waals surface area contributed by atoms with Gasteiger partial charge in [0.05, 0.1) is 24.9 Å². The Morgan fingerprint density at radius 1 is 1.16 bits per heavy atom. The number of hydrogen-bond donors (Lipinski definition) is 1. The Hall–Kier alpha value is -2.78. The number of esters is 1. The first-order valence-corrected chi connectivity index (χ1v) is 10.8. The van der Waals surface area contributed by atoms with Crippen LogP contribution in [0.15, 0.2) is 18.2 Å². The standard InChI is InChI=1S/C22H26FN3O4S/c1-13-15(3)31-21(20(13)22(29)30-4)24-19(28)12-25-7-9-26(10-8-25)18-6-5-16(14(2)27)11-17(18)23/h5-6,11H,7-10,12H2,1-4H3,(H,24,28).